The van der Waals surface area contributed by atoms with Crippen LogP contribution in [0.1, 0.15) is 5.56 Å². The normalized spacial score (nSPS) is 16.5. The van der Waals surface area contributed by atoms with Crippen molar-refractivity contribution in [3.05, 3.63) is 59.1 Å². The second-order valence-electron chi connectivity index (χ2n) is 6.92. The molecule has 3 rings (SSSR count). The Labute approximate surface area is 191 Å². The van der Waals surface area contributed by atoms with Gasteiger partial charge in [0, 0.05) is 18.1 Å². The molecular weight excluding hydrogens is 458 g/mol. The van der Waals surface area contributed by atoms with E-state index in [1.807, 2.05) is 24.3 Å². The second kappa shape index (κ2) is 10.8. The Balaban J connectivity index is 1.51. The van der Waals surface area contributed by atoms with Crippen LogP contribution in [0.3, 0.4) is 0 Å². The molecule has 0 radical (unpaired) electrons. The summed E-state index contributed by atoms with van der Waals surface area (Å²) < 4.78 is 37.6. The summed E-state index contributed by atoms with van der Waals surface area (Å²) in [6.45, 7) is 0.393. The Bertz CT molecular complexity index is 1060. The SMILES string of the molecule is COc1ccccc1CCNC(=O)C(=O)NC[C@@H]1OCCN1S(=O)(=O)c1ccc(Cl)cc1. The molecule has 1 heterocycles. The molecule has 1 saturated heterocycles. The first kappa shape index (κ1) is 24.0. The predicted octanol–water partition coefficient (Wildman–Crippen LogP) is 1.17. The number of benzene rings is 2. The zero-order chi connectivity index (χ0) is 23.1. The molecule has 0 saturated carbocycles. The molecule has 2 amide bonds. The van der Waals surface area contributed by atoms with Crippen LogP contribution in [-0.2, 0) is 30.8 Å². The molecule has 1 aliphatic heterocycles. The highest BCUT2D eigenvalue weighted by molar-refractivity contribution is 7.89. The van der Waals surface area contributed by atoms with Gasteiger partial charge in [-0.25, -0.2) is 8.42 Å². The van der Waals surface area contributed by atoms with Crippen molar-refractivity contribution < 1.29 is 27.5 Å². The van der Waals surface area contributed by atoms with Crippen LogP contribution in [0.5, 0.6) is 5.75 Å². The van der Waals surface area contributed by atoms with E-state index in [4.69, 9.17) is 21.1 Å². The van der Waals surface area contributed by atoms with Gasteiger partial charge < -0.3 is 20.1 Å². The number of amides is 2. The standard InChI is InChI=1S/C21H24ClN3O6S/c1-30-18-5-3-2-4-15(18)10-11-23-20(26)21(27)24-14-19-25(12-13-31-19)32(28,29)17-8-6-16(22)7-9-17/h2-9,19H,10-14H2,1H3,(H,23,26)(H,24,27)/t19-/m0/s1. The maximum absolute atomic E-state index is 12.9. The number of carbonyl (C=O) groups is 2. The van der Waals surface area contributed by atoms with E-state index in [-0.39, 0.29) is 31.1 Å². The fourth-order valence-corrected chi connectivity index (χ4v) is 4.88. The van der Waals surface area contributed by atoms with Crippen LogP contribution in [0, 0.1) is 0 Å². The van der Waals surface area contributed by atoms with E-state index in [1.165, 1.54) is 24.3 Å². The first-order valence-corrected chi connectivity index (χ1v) is 11.7. The van der Waals surface area contributed by atoms with Crippen molar-refractivity contribution in [2.75, 3.05) is 33.4 Å². The lowest BCUT2D eigenvalue weighted by Gasteiger charge is -2.22. The largest absolute Gasteiger partial charge is 0.496 e. The smallest absolute Gasteiger partial charge is 0.309 e. The van der Waals surface area contributed by atoms with Gasteiger partial charge in [-0.05, 0) is 42.3 Å². The van der Waals surface area contributed by atoms with Crippen molar-refractivity contribution in [1.29, 1.82) is 0 Å². The van der Waals surface area contributed by atoms with Gasteiger partial charge in [-0.15, -0.1) is 0 Å². The third-order valence-corrected chi connectivity index (χ3v) is 7.03. The van der Waals surface area contributed by atoms with Gasteiger partial charge in [-0.2, -0.15) is 4.31 Å². The minimum Gasteiger partial charge on any atom is -0.496 e. The topological polar surface area (TPSA) is 114 Å². The molecule has 0 spiro atoms. The molecule has 1 atom stereocenters. The maximum Gasteiger partial charge on any atom is 0.309 e. The lowest BCUT2D eigenvalue weighted by molar-refractivity contribution is -0.139. The number of methoxy groups -OCH3 is 1. The number of para-hydroxylation sites is 1. The number of hydrogen-bond acceptors (Lipinski definition) is 6. The fraction of sp³-hybridized carbons (Fsp3) is 0.333. The molecule has 2 aromatic rings. The van der Waals surface area contributed by atoms with Crippen LogP contribution in [0.25, 0.3) is 0 Å². The highest BCUT2D eigenvalue weighted by Crippen LogP contribution is 2.23. The van der Waals surface area contributed by atoms with Gasteiger partial charge in [0.15, 0.2) is 0 Å². The average molecular weight is 482 g/mol. The van der Waals surface area contributed by atoms with E-state index < -0.39 is 28.1 Å². The molecule has 11 heteroatoms. The average Bonchev–Trinajstić information content (AvgIpc) is 3.27. The predicted molar refractivity (Wildman–Crippen MR) is 118 cm³/mol. The minimum atomic E-state index is -3.84. The molecule has 172 valence electrons. The Hall–Kier alpha value is -2.66. The van der Waals surface area contributed by atoms with Crippen molar-refractivity contribution in [2.24, 2.45) is 0 Å². The van der Waals surface area contributed by atoms with Gasteiger partial charge in [0.1, 0.15) is 12.0 Å². The quantitative estimate of drug-likeness (QED) is 0.547. The van der Waals surface area contributed by atoms with Gasteiger partial charge in [-0.1, -0.05) is 29.8 Å². The fourth-order valence-electron chi connectivity index (χ4n) is 3.24. The Morgan fingerprint density at radius 1 is 1.12 bits per heavy atom. The highest BCUT2D eigenvalue weighted by Gasteiger charge is 2.36. The number of ether oxygens (including phenoxy) is 2. The van der Waals surface area contributed by atoms with Gasteiger partial charge in [-0.3, -0.25) is 9.59 Å². The summed E-state index contributed by atoms with van der Waals surface area (Å²) in [5, 5.41) is 5.39. The molecule has 32 heavy (non-hydrogen) atoms. The summed E-state index contributed by atoms with van der Waals surface area (Å²) in [5.41, 5.74) is 0.901. The molecule has 9 nitrogen and oxygen atoms in total. The number of sulfonamides is 1. The number of halogens is 1. The third-order valence-electron chi connectivity index (χ3n) is 4.88. The Morgan fingerprint density at radius 2 is 1.81 bits per heavy atom. The zero-order valence-corrected chi connectivity index (χ0v) is 19.0. The van der Waals surface area contributed by atoms with Crippen LogP contribution in [0.15, 0.2) is 53.4 Å². The third kappa shape index (κ3) is 5.77. The summed E-state index contributed by atoms with van der Waals surface area (Å²) in [6.07, 6.45) is -0.428. The Kier molecular flexibility index (Phi) is 8.08. The molecule has 1 fully saturated rings. The molecule has 1 aliphatic rings. The molecule has 2 N–H and O–H groups in total. The minimum absolute atomic E-state index is 0.0674. The highest BCUT2D eigenvalue weighted by atomic mass is 35.5. The van der Waals surface area contributed by atoms with E-state index in [2.05, 4.69) is 10.6 Å². The van der Waals surface area contributed by atoms with Gasteiger partial charge in [0.25, 0.3) is 0 Å². The zero-order valence-electron chi connectivity index (χ0n) is 17.4. The molecular formula is C21H24ClN3O6S. The number of nitrogens with zero attached hydrogens (tertiary/aromatic N) is 1. The first-order chi connectivity index (χ1) is 15.3. The number of hydrogen-bond donors (Lipinski definition) is 2. The number of rotatable bonds is 8. The van der Waals surface area contributed by atoms with Gasteiger partial charge in [0.2, 0.25) is 10.0 Å². The Morgan fingerprint density at radius 3 is 2.53 bits per heavy atom. The van der Waals surface area contributed by atoms with Crippen LogP contribution >= 0.6 is 11.6 Å². The summed E-state index contributed by atoms with van der Waals surface area (Å²) in [5.74, 6) is -0.985. The van der Waals surface area contributed by atoms with Crippen LogP contribution < -0.4 is 15.4 Å². The van der Waals surface area contributed by atoms with E-state index in [0.29, 0.717) is 17.2 Å². The maximum atomic E-state index is 12.9. The lowest BCUT2D eigenvalue weighted by Crippen LogP contribution is -2.47. The molecule has 0 aliphatic carbocycles. The molecule has 0 unspecified atom stereocenters. The summed E-state index contributed by atoms with van der Waals surface area (Å²) in [6, 6.07) is 13.2. The van der Waals surface area contributed by atoms with E-state index >= 15 is 0 Å². The van der Waals surface area contributed by atoms with Gasteiger partial charge >= 0.3 is 11.8 Å². The van der Waals surface area contributed by atoms with Crippen molar-refractivity contribution in [1.82, 2.24) is 14.9 Å². The van der Waals surface area contributed by atoms with Crippen molar-refractivity contribution in [3.8, 4) is 5.75 Å². The summed E-state index contributed by atoms with van der Waals surface area (Å²) in [7, 11) is -2.28. The van der Waals surface area contributed by atoms with E-state index in [1.54, 1.807) is 7.11 Å². The molecule has 0 bridgehead atoms. The summed E-state index contributed by atoms with van der Waals surface area (Å²) >= 11 is 5.83. The second-order valence-corrected chi connectivity index (χ2v) is 9.25. The summed E-state index contributed by atoms with van der Waals surface area (Å²) in [4.78, 5) is 24.3. The van der Waals surface area contributed by atoms with Crippen molar-refractivity contribution in [2.45, 2.75) is 17.5 Å². The van der Waals surface area contributed by atoms with E-state index in [0.717, 1.165) is 9.87 Å². The van der Waals surface area contributed by atoms with E-state index in [9.17, 15) is 18.0 Å². The van der Waals surface area contributed by atoms with Gasteiger partial charge in [0.05, 0.1) is 25.2 Å². The number of nitrogens with one attached hydrogen (secondary N) is 2. The monoisotopic (exact) mass is 481 g/mol. The van der Waals surface area contributed by atoms with Crippen LogP contribution in [-0.4, -0.2) is 64.1 Å². The van der Waals surface area contributed by atoms with Crippen LogP contribution in [0.4, 0.5) is 0 Å². The molecule has 2 aromatic carbocycles. The van der Waals surface area contributed by atoms with Crippen LogP contribution in [0.2, 0.25) is 5.02 Å². The van der Waals surface area contributed by atoms with Crippen molar-refractivity contribution >= 4 is 33.4 Å². The lowest BCUT2D eigenvalue weighted by atomic mass is 10.1. The number of carbonyl (C=O) groups excluding carboxylic acids is 2. The molecule has 0 aromatic heterocycles. The first-order valence-electron chi connectivity index (χ1n) is 9.90. The van der Waals surface area contributed by atoms with Crippen molar-refractivity contribution in [3.63, 3.8) is 0 Å².